The largest absolute Gasteiger partial charge is 0.493 e. The van der Waals surface area contributed by atoms with Crippen LogP contribution in [-0.2, 0) is 33.3 Å². The molecule has 4 unspecified atom stereocenters. The van der Waals surface area contributed by atoms with Crippen LogP contribution in [0.5, 0.6) is 5.88 Å². The lowest BCUT2D eigenvalue weighted by molar-refractivity contribution is -0.384. The number of hydrogen-bond donors (Lipinski definition) is 2. The predicted octanol–water partition coefficient (Wildman–Crippen LogP) is 1.91. The van der Waals surface area contributed by atoms with Gasteiger partial charge in [0.1, 0.15) is 0 Å². The number of carbonyl (C=O) groups is 3. The average molecular weight is 523 g/mol. The van der Waals surface area contributed by atoms with Crippen molar-refractivity contribution in [2.45, 2.75) is 45.3 Å². The quantitative estimate of drug-likeness (QED) is 0.139. The van der Waals surface area contributed by atoms with E-state index in [0.717, 1.165) is 31.4 Å². The standard InChI is InChI=1S/C20H21N5O10S/c1-8(26)33-14-7-32-19(17(35-10(3)28)16(14)34-9(2)27)24-13-6-11(25(30)31)4-5-12(13)15(18(24)29)22-23-20(21)36/h4-6,14,16-17,19,29H,7H2,1-3H3,(H2,21,36). The van der Waals surface area contributed by atoms with Gasteiger partial charge in [-0.3, -0.25) is 29.1 Å². The van der Waals surface area contributed by atoms with Crippen molar-refractivity contribution in [3.05, 3.63) is 28.3 Å². The molecule has 1 aliphatic rings. The molecule has 3 N–H and O–H groups in total. The van der Waals surface area contributed by atoms with Gasteiger partial charge in [0.15, 0.2) is 30.2 Å². The summed E-state index contributed by atoms with van der Waals surface area (Å²) in [5, 5.41) is 29.7. The molecule has 1 fully saturated rings. The predicted molar refractivity (Wildman–Crippen MR) is 123 cm³/mol. The van der Waals surface area contributed by atoms with Crippen molar-refractivity contribution in [1.82, 2.24) is 4.57 Å². The number of thiocarbonyl (C=S) groups is 1. The molecule has 1 aromatic carbocycles. The number of nitro benzene ring substituents is 1. The molecule has 0 bridgehead atoms. The maximum absolute atomic E-state index is 12.0. The van der Waals surface area contributed by atoms with E-state index >= 15 is 0 Å². The molecule has 3 rings (SSSR count). The highest BCUT2D eigenvalue weighted by molar-refractivity contribution is 7.80. The molecule has 0 amide bonds. The molecule has 1 aromatic heterocycles. The summed E-state index contributed by atoms with van der Waals surface area (Å²) in [4.78, 5) is 46.2. The molecule has 0 spiro atoms. The van der Waals surface area contributed by atoms with Gasteiger partial charge < -0.3 is 29.8 Å². The molecule has 192 valence electrons. The lowest BCUT2D eigenvalue weighted by atomic mass is 10.0. The summed E-state index contributed by atoms with van der Waals surface area (Å²) in [5.74, 6) is -2.91. The molecule has 15 nitrogen and oxygen atoms in total. The topological polar surface area (TPSA) is 207 Å². The van der Waals surface area contributed by atoms with E-state index in [1.807, 2.05) is 0 Å². The van der Waals surface area contributed by atoms with Gasteiger partial charge in [-0.2, -0.15) is 0 Å². The van der Waals surface area contributed by atoms with Crippen LogP contribution in [0.4, 0.5) is 11.4 Å². The molecule has 0 radical (unpaired) electrons. The Morgan fingerprint density at radius 2 is 1.78 bits per heavy atom. The number of ether oxygens (including phenoxy) is 4. The molecular formula is C20H21N5O10S. The number of nitrogens with zero attached hydrogens (tertiary/aromatic N) is 4. The zero-order valence-corrected chi connectivity index (χ0v) is 20.0. The fraction of sp³-hybridized carbons (Fsp3) is 0.400. The zero-order chi connectivity index (χ0) is 26.7. The van der Waals surface area contributed by atoms with Crippen LogP contribution in [0.15, 0.2) is 28.4 Å². The maximum Gasteiger partial charge on any atom is 0.303 e. The van der Waals surface area contributed by atoms with Crippen LogP contribution in [0, 0.1) is 10.1 Å². The van der Waals surface area contributed by atoms with E-state index < -0.39 is 53.3 Å². The van der Waals surface area contributed by atoms with Crippen molar-refractivity contribution in [2.24, 2.45) is 16.0 Å². The van der Waals surface area contributed by atoms with E-state index in [4.69, 9.17) is 24.7 Å². The summed E-state index contributed by atoms with van der Waals surface area (Å²) in [6.07, 6.45) is -5.40. The monoisotopic (exact) mass is 523 g/mol. The minimum absolute atomic E-state index is 0.0354. The Bertz CT molecular complexity index is 1280. The minimum atomic E-state index is -1.47. The fourth-order valence-electron chi connectivity index (χ4n) is 3.78. The Hall–Kier alpha value is -4.18. The number of nitro groups is 1. The average Bonchev–Trinajstić information content (AvgIpc) is 3.04. The lowest BCUT2D eigenvalue weighted by Gasteiger charge is -2.41. The number of rotatable bonds is 6. The third-order valence-electron chi connectivity index (χ3n) is 4.97. The van der Waals surface area contributed by atoms with E-state index in [-0.39, 0.29) is 34.0 Å². The number of esters is 3. The zero-order valence-electron chi connectivity index (χ0n) is 19.1. The third-order valence-corrected chi connectivity index (χ3v) is 5.06. The molecule has 16 heteroatoms. The van der Waals surface area contributed by atoms with Crippen LogP contribution >= 0.6 is 12.2 Å². The number of azo groups is 1. The van der Waals surface area contributed by atoms with Crippen LogP contribution in [0.2, 0.25) is 0 Å². The SMILES string of the molecule is CC(=O)OC1COC(n2c(O)c(N=NC(N)=S)c3ccc([N+](=O)[O-])cc32)C(OC(C)=O)C1OC(C)=O. The highest BCUT2D eigenvalue weighted by Crippen LogP contribution is 2.45. The number of fused-ring (bicyclic) bond motifs is 1. The summed E-state index contributed by atoms with van der Waals surface area (Å²) in [6, 6.07) is 3.62. The van der Waals surface area contributed by atoms with Crippen LogP contribution in [-0.4, -0.2) is 62.5 Å². The van der Waals surface area contributed by atoms with Gasteiger partial charge in [0.05, 0.1) is 17.0 Å². The number of aromatic hydroxyl groups is 1. The number of benzene rings is 1. The smallest absolute Gasteiger partial charge is 0.303 e. The van der Waals surface area contributed by atoms with E-state index in [9.17, 15) is 29.6 Å². The Kier molecular flexibility index (Phi) is 7.79. The summed E-state index contributed by atoms with van der Waals surface area (Å²) in [5.41, 5.74) is 4.90. The molecule has 0 aliphatic carbocycles. The number of non-ortho nitro benzene ring substituents is 1. The van der Waals surface area contributed by atoms with Gasteiger partial charge in [-0.25, -0.2) is 0 Å². The van der Waals surface area contributed by atoms with E-state index in [1.54, 1.807) is 0 Å². The fourth-order valence-corrected chi connectivity index (χ4v) is 3.82. The number of hydrogen-bond acceptors (Lipinski definition) is 12. The Morgan fingerprint density at radius 1 is 1.17 bits per heavy atom. The highest BCUT2D eigenvalue weighted by Gasteiger charge is 2.49. The summed E-state index contributed by atoms with van der Waals surface area (Å²) < 4.78 is 22.7. The first-order valence-corrected chi connectivity index (χ1v) is 10.7. The van der Waals surface area contributed by atoms with Crippen molar-refractivity contribution >= 4 is 57.5 Å². The first-order valence-electron chi connectivity index (χ1n) is 10.3. The van der Waals surface area contributed by atoms with Crippen molar-refractivity contribution in [1.29, 1.82) is 0 Å². The minimum Gasteiger partial charge on any atom is -0.493 e. The summed E-state index contributed by atoms with van der Waals surface area (Å²) in [7, 11) is 0. The van der Waals surface area contributed by atoms with Crippen LogP contribution in [0.3, 0.4) is 0 Å². The first-order chi connectivity index (χ1) is 16.9. The van der Waals surface area contributed by atoms with Gasteiger partial charge in [-0.05, 0) is 18.3 Å². The number of aromatic nitrogens is 1. The van der Waals surface area contributed by atoms with Gasteiger partial charge in [-0.15, -0.1) is 10.2 Å². The molecule has 1 saturated heterocycles. The second-order valence-electron chi connectivity index (χ2n) is 7.56. The maximum atomic E-state index is 12.0. The molecule has 2 aromatic rings. The highest BCUT2D eigenvalue weighted by atomic mass is 32.1. The Balaban J connectivity index is 2.25. The van der Waals surface area contributed by atoms with Crippen LogP contribution in [0.25, 0.3) is 10.9 Å². The normalized spacial score (nSPS) is 21.8. The third kappa shape index (κ3) is 5.55. The van der Waals surface area contributed by atoms with Crippen molar-refractivity contribution in [2.75, 3.05) is 6.61 Å². The van der Waals surface area contributed by atoms with Gasteiger partial charge in [0.25, 0.3) is 5.69 Å². The van der Waals surface area contributed by atoms with E-state index in [2.05, 4.69) is 22.4 Å². The lowest BCUT2D eigenvalue weighted by Crippen LogP contribution is -2.55. The van der Waals surface area contributed by atoms with Crippen molar-refractivity contribution < 1.29 is 43.4 Å². The van der Waals surface area contributed by atoms with Crippen LogP contribution < -0.4 is 5.73 Å². The second-order valence-corrected chi connectivity index (χ2v) is 7.98. The van der Waals surface area contributed by atoms with Gasteiger partial charge >= 0.3 is 17.9 Å². The Morgan fingerprint density at radius 3 is 2.33 bits per heavy atom. The number of nitrogens with two attached hydrogens (primary N) is 1. The molecular weight excluding hydrogens is 502 g/mol. The molecule has 4 atom stereocenters. The first kappa shape index (κ1) is 26.4. The summed E-state index contributed by atoms with van der Waals surface area (Å²) >= 11 is 4.68. The van der Waals surface area contributed by atoms with Gasteiger partial charge in [-0.1, -0.05) is 0 Å². The number of carbonyl (C=O) groups excluding carboxylic acids is 3. The second kappa shape index (κ2) is 10.6. The molecule has 2 heterocycles. The van der Waals surface area contributed by atoms with Crippen LogP contribution in [0.1, 0.15) is 27.0 Å². The van der Waals surface area contributed by atoms with E-state index in [1.165, 1.54) is 12.1 Å². The van der Waals surface area contributed by atoms with E-state index in [0.29, 0.717) is 0 Å². The van der Waals surface area contributed by atoms with Crippen molar-refractivity contribution in [3.63, 3.8) is 0 Å². The molecule has 1 aliphatic heterocycles. The van der Waals surface area contributed by atoms with Gasteiger partial charge in [0, 0.05) is 38.3 Å². The van der Waals surface area contributed by atoms with Crippen molar-refractivity contribution in [3.8, 4) is 5.88 Å². The Labute approximate surface area is 207 Å². The summed E-state index contributed by atoms with van der Waals surface area (Å²) in [6.45, 7) is 2.96. The molecule has 36 heavy (non-hydrogen) atoms. The molecule has 0 saturated carbocycles. The van der Waals surface area contributed by atoms with Gasteiger partial charge in [0.2, 0.25) is 11.0 Å².